The number of aromatic nitrogens is 3. The summed E-state index contributed by atoms with van der Waals surface area (Å²) in [6.07, 6.45) is 4.54. The topological polar surface area (TPSA) is 97.1 Å². The highest BCUT2D eigenvalue weighted by Crippen LogP contribution is 2.32. The number of thiophene rings is 1. The number of benzene rings is 1. The van der Waals surface area contributed by atoms with E-state index in [1.165, 1.54) is 4.88 Å². The summed E-state index contributed by atoms with van der Waals surface area (Å²) in [6.45, 7) is 4.77. The summed E-state index contributed by atoms with van der Waals surface area (Å²) in [5, 5.41) is 5.57. The Morgan fingerprint density at radius 3 is 2.83 bits per heavy atom. The smallest absolute Gasteiger partial charge is 0.261 e. The number of imidazole rings is 1. The van der Waals surface area contributed by atoms with Gasteiger partial charge in [-0.05, 0) is 75.1 Å². The fraction of sp³-hybridized carbons (Fsp3) is 0.370. The summed E-state index contributed by atoms with van der Waals surface area (Å²) in [7, 11) is 2.13. The number of rotatable bonds is 6. The van der Waals surface area contributed by atoms with Crippen LogP contribution < -0.4 is 10.9 Å². The van der Waals surface area contributed by atoms with Gasteiger partial charge in [0.15, 0.2) is 0 Å². The Bertz CT molecular complexity index is 1470. The molecule has 4 aromatic rings. The minimum absolute atomic E-state index is 0.0971. The number of carbonyl (C=O) groups is 1. The number of anilines is 1. The van der Waals surface area contributed by atoms with Crippen LogP contribution in [0.3, 0.4) is 0 Å². The van der Waals surface area contributed by atoms with Crippen LogP contribution in [0.2, 0.25) is 0 Å². The second kappa shape index (κ2) is 9.22. The van der Waals surface area contributed by atoms with Crippen molar-refractivity contribution in [2.24, 2.45) is 0 Å². The van der Waals surface area contributed by atoms with Crippen molar-refractivity contribution in [1.82, 2.24) is 24.8 Å². The lowest BCUT2D eigenvalue weighted by Gasteiger charge is -2.34. The van der Waals surface area contributed by atoms with E-state index in [0.29, 0.717) is 17.9 Å². The van der Waals surface area contributed by atoms with Crippen LogP contribution >= 0.6 is 11.3 Å². The Labute approximate surface area is 213 Å². The van der Waals surface area contributed by atoms with Gasteiger partial charge < -0.3 is 25.1 Å². The SMILES string of the molecule is C[C@H](Cc1cccs1)Nc1cc[nH]c(=O)c1-c1nc2cc3c(cc2[nH]1)C(=O)N(C1CCN(C)CC1)C3. The minimum atomic E-state index is -0.209. The Morgan fingerprint density at radius 1 is 1.22 bits per heavy atom. The van der Waals surface area contributed by atoms with Gasteiger partial charge in [0.25, 0.3) is 11.5 Å². The van der Waals surface area contributed by atoms with E-state index in [-0.39, 0.29) is 23.6 Å². The first-order valence-electron chi connectivity index (χ1n) is 12.5. The molecule has 0 bridgehead atoms. The molecule has 3 N–H and O–H groups in total. The molecule has 8 nitrogen and oxygen atoms in total. The average Bonchev–Trinajstić information content (AvgIpc) is 3.58. The lowest BCUT2D eigenvalue weighted by Crippen LogP contribution is -2.43. The fourth-order valence-electron chi connectivity index (χ4n) is 5.44. The molecule has 0 saturated carbocycles. The first-order valence-corrected chi connectivity index (χ1v) is 13.4. The van der Waals surface area contributed by atoms with E-state index in [2.05, 4.69) is 51.7 Å². The molecule has 1 saturated heterocycles. The predicted molar refractivity (Wildman–Crippen MR) is 144 cm³/mol. The van der Waals surface area contributed by atoms with E-state index in [1.54, 1.807) is 17.5 Å². The molecular formula is C27H30N6O2S. The van der Waals surface area contributed by atoms with Crippen molar-refractivity contribution in [2.45, 2.75) is 44.8 Å². The number of nitrogens with zero attached hydrogens (tertiary/aromatic N) is 3. The van der Waals surface area contributed by atoms with Gasteiger partial charge in [-0.1, -0.05) is 6.07 Å². The highest BCUT2D eigenvalue weighted by Gasteiger charge is 2.34. The van der Waals surface area contributed by atoms with Crippen LogP contribution in [0.25, 0.3) is 22.4 Å². The summed E-state index contributed by atoms with van der Waals surface area (Å²) in [6, 6.07) is 10.4. The van der Waals surface area contributed by atoms with Crippen molar-refractivity contribution in [3.05, 3.63) is 68.3 Å². The molecular weight excluding hydrogens is 472 g/mol. The Balaban J connectivity index is 1.28. The number of nitrogens with one attached hydrogen (secondary N) is 3. The molecule has 1 fully saturated rings. The van der Waals surface area contributed by atoms with Crippen LogP contribution in [0.5, 0.6) is 0 Å². The Morgan fingerprint density at radius 2 is 2.06 bits per heavy atom. The summed E-state index contributed by atoms with van der Waals surface area (Å²) >= 11 is 1.73. The van der Waals surface area contributed by atoms with Crippen LogP contribution in [-0.2, 0) is 13.0 Å². The molecule has 1 amide bonds. The molecule has 186 valence electrons. The summed E-state index contributed by atoms with van der Waals surface area (Å²) < 4.78 is 0. The quantitative estimate of drug-likeness (QED) is 0.369. The second-order valence-corrected chi connectivity index (χ2v) is 11.0. The molecule has 2 aliphatic rings. The lowest BCUT2D eigenvalue weighted by molar-refractivity contribution is 0.0617. The number of fused-ring (bicyclic) bond motifs is 2. The number of amides is 1. The third-order valence-electron chi connectivity index (χ3n) is 7.35. The van der Waals surface area contributed by atoms with Crippen molar-refractivity contribution >= 4 is 34.0 Å². The largest absolute Gasteiger partial charge is 0.381 e. The van der Waals surface area contributed by atoms with Crippen LogP contribution in [0, 0.1) is 0 Å². The van der Waals surface area contributed by atoms with Crippen molar-refractivity contribution in [3.8, 4) is 11.4 Å². The van der Waals surface area contributed by atoms with Gasteiger partial charge >= 0.3 is 0 Å². The van der Waals surface area contributed by atoms with E-state index >= 15 is 0 Å². The zero-order valence-electron chi connectivity index (χ0n) is 20.5. The molecule has 0 unspecified atom stereocenters. The number of hydrogen-bond acceptors (Lipinski definition) is 6. The van der Waals surface area contributed by atoms with E-state index in [4.69, 9.17) is 4.98 Å². The maximum Gasteiger partial charge on any atom is 0.261 e. The number of H-pyrrole nitrogens is 2. The minimum Gasteiger partial charge on any atom is -0.381 e. The van der Waals surface area contributed by atoms with Crippen molar-refractivity contribution in [1.29, 1.82) is 0 Å². The number of piperidine rings is 1. The number of hydrogen-bond donors (Lipinski definition) is 3. The Kier molecular flexibility index (Phi) is 5.89. The van der Waals surface area contributed by atoms with E-state index in [9.17, 15) is 9.59 Å². The number of aromatic amines is 2. The van der Waals surface area contributed by atoms with E-state index < -0.39 is 0 Å². The number of carbonyl (C=O) groups excluding carboxylic acids is 1. The highest BCUT2D eigenvalue weighted by atomic mass is 32.1. The fourth-order valence-corrected chi connectivity index (χ4v) is 6.28. The zero-order chi connectivity index (χ0) is 24.8. The van der Waals surface area contributed by atoms with E-state index in [0.717, 1.165) is 60.2 Å². The molecule has 0 aliphatic carbocycles. The molecule has 9 heteroatoms. The number of likely N-dealkylation sites (tertiary alicyclic amines) is 1. The predicted octanol–water partition coefficient (Wildman–Crippen LogP) is 4.07. The maximum atomic E-state index is 13.3. The third kappa shape index (κ3) is 4.22. The normalized spacial score (nSPS) is 17.6. The molecule has 0 spiro atoms. The molecule has 6 rings (SSSR count). The van der Waals surface area contributed by atoms with Gasteiger partial charge in [-0.3, -0.25) is 9.59 Å². The average molecular weight is 503 g/mol. The molecule has 1 atom stereocenters. The number of pyridine rings is 1. The van der Waals surface area contributed by atoms with Crippen LogP contribution in [0.4, 0.5) is 5.69 Å². The van der Waals surface area contributed by atoms with Gasteiger partial charge in [-0.15, -0.1) is 11.3 Å². The molecule has 3 aromatic heterocycles. The van der Waals surface area contributed by atoms with Gasteiger partial charge in [-0.2, -0.15) is 0 Å². The highest BCUT2D eigenvalue weighted by molar-refractivity contribution is 7.09. The molecule has 1 aromatic carbocycles. The first-order chi connectivity index (χ1) is 17.5. The monoisotopic (exact) mass is 502 g/mol. The standard InChI is InChI=1S/C27H30N6O2S/c1-16(12-19-4-3-11-36-19)29-21-5-8-28-26(34)24(21)25-30-22-13-17-15-33(18-6-9-32(2)10-7-18)27(35)20(17)14-23(22)31-25/h3-5,8,11,13-14,16,18H,6-7,9-10,12,15H2,1-2H3,(H,30,31)(H2,28,29,34)/t16-/m1/s1. The van der Waals surface area contributed by atoms with Gasteiger partial charge in [0.2, 0.25) is 0 Å². The first kappa shape index (κ1) is 23.0. The van der Waals surface area contributed by atoms with Gasteiger partial charge in [-0.25, -0.2) is 4.98 Å². The Hall–Kier alpha value is -3.43. The summed E-state index contributed by atoms with van der Waals surface area (Å²) in [4.78, 5) is 42.7. The van der Waals surface area contributed by atoms with Crippen molar-refractivity contribution in [3.63, 3.8) is 0 Å². The van der Waals surface area contributed by atoms with Crippen molar-refractivity contribution < 1.29 is 4.79 Å². The van der Waals surface area contributed by atoms with Gasteiger partial charge in [0.05, 0.1) is 16.7 Å². The summed E-state index contributed by atoms with van der Waals surface area (Å²) in [5.74, 6) is 0.598. The third-order valence-corrected chi connectivity index (χ3v) is 8.25. The molecule has 2 aliphatic heterocycles. The lowest BCUT2D eigenvalue weighted by atomic mass is 10.0. The molecule has 0 radical (unpaired) electrons. The van der Waals surface area contributed by atoms with Gasteiger partial charge in [0.1, 0.15) is 11.4 Å². The van der Waals surface area contributed by atoms with E-state index in [1.807, 2.05) is 23.1 Å². The van der Waals surface area contributed by atoms with Crippen LogP contribution in [-0.4, -0.2) is 62.9 Å². The van der Waals surface area contributed by atoms with Crippen LogP contribution in [0.1, 0.15) is 40.6 Å². The second-order valence-electron chi connectivity index (χ2n) is 10.0. The zero-order valence-corrected chi connectivity index (χ0v) is 21.3. The molecule has 5 heterocycles. The summed E-state index contributed by atoms with van der Waals surface area (Å²) in [5.41, 5.74) is 4.28. The van der Waals surface area contributed by atoms with Gasteiger partial charge in [0, 0.05) is 41.7 Å². The van der Waals surface area contributed by atoms with Crippen molar-refractivity contribution in [2.75, 3.05) is 25.5 Å². The van der Waals surface area contributed by atoms with Crippen LogP contribution in [0.15, 0.2) is 46.7 Å². The maximum absolute atomic E-state index is 13.3. The molecule has 36 heavy (non-hydrogen) atoms.